The Morgan fingerprint density at radius 2 is 1.77 bits per heavy atom. The van der Waals surface area contributed by atoms with E-state index in [1.807, 2.05) is 6.08 Å². The summed E-state index contributed by atoms with van der Waals surface area (Å²) in [5, 5.41) is 8.42. The fraction of sp³-hybridized carbons (Fsp3) is 0.538. The maximum absolute atomic E-state index is 12.8. The molecular formula is C26H32FNO2. The zero-order chi connectivity index (χ0) is 21.3. The number of allylic oxidation sites excluding steroid dienone is 4. The average molecular weight is 410 g/mol. The Bertz CT molecular complexity index is 789. The number of halogens is 1. The van der Waals surface area contributed by atoms with Crippen LogP contribution in [0, 0.1) is 23.2 Å². The van der Waals surface area contributed by atoms with Crippen LogP contribution in [0.2, 0.25) is 0 Å². The van der Waals surface area contributed by atoms with Crippen LogP contribution >= 0.6 is 0 Å². The molecule has 30 heavy (non-hydrogen) atoms. The third kappa shape index (κ3) is 6.29. The molecule has 0 unspecified atom stereocenters. The molecule has 3 nitrogen and oxygen atoms in total. The van der Waals surface area contributed by atoms with Gasteiger partial charge in [-0.3, -0.25) is 4.79 Å². The zero-order valence-corrected chi connectivity index (χ0v) is 17.9. The first kappa shape index (κ1) is 22.3. The minimum absolute atomic E-state index is 0.0136. The SMILES string of the molecule is CCc1ccc(C2CCC(OC(=O)C3CCC(C=CC=C(F)C#N)CC3)CC2)cc1. The van der Waals surface area contributed by atoms with Crippen molar-refractivity contribution in [3.8, 4) is 6.07 Å². The highest BCUT2D eigenvalue weighted by Crippen LogP contribution is 2.36. The Balaban J connectivity index is 1.39. The van der Waals surface area contributed by atoms with E-state index in [2.05, 4.69) is 31.2 Å². The van der Waals surface area contributed by atoms with Gasteiger partial charge in [-0.15, -0.1) is 0 Å². The molecule has 0 atom stereocenters. The highest BCUT2D eigenvalue weighted by Gasteiger charge is 2.30. The predicted octanol–water partition coefficient (Wildman–Crippen LogP) is 6.56. The number of hydrogen-bond acceptors (Lipinski definition) is 3. The molecule has 0 bridgehead atoms. The Morgan fingerprint density at radius 1 is 1.10 bits per heavy atom. The molecule has 160 valence electrons. The average Bonchev–Trinajstić information content (AvgIpc) is 2.80. The number of carbonyl (C=O) groups is 1. The minimum atomic E-state index is -0.781. The summed E-state index contributed by atoms with van der Waals surface area (Å²) < 4.78 is 18.7. The molecule has 1 aromatic rings. The second-order valence-electron chi connectivity index (χ2n) is 8.63. The van der Waals surface area contributed by atoms with Crippen molar-refractivity contribution in [2.45, 2.75) is 76.7 Å². The van der Waals surface area contributed by atoms with Gasteiger partial charge in [0.2, 0.25) is 0 Å². The topological polar surface area (TPSA) is 50.1 Å². The number of nitrogens with zero attached hydrogens (tertiary/aromatic N) is 1. The van der Waals surface area contributed by atoms with Crippen molar-refractivity contribution < 1.29 is 13.9 Å². The summed E-state index contributed by atoms with van der Waals surface area (Å²) in [6, 6.07) is 10.4. The lowest BCUT2D eigenvalue weighted by Crippen LogP contribution is -2.29. The van der Waals surface area contributed by atoms with Gasteiger partial charge in [0.05, 0.1) is 5.92 Å². The summed E-state index contributed by atoms with van der Waals surface area (Å²) in [4.78, 5) is 12.6. The minimum Gasteiger partial charge on any atom is -0.462 e. The molecule has 2 saturated carbocycles. The van der Waals surface area contributed by atoms with Crippen LogP contribution in [0.15, 0.2) is 48.3 Å². The summed E-state index contributed by atoms with van der Waals surface area (Å²) in [5.41, 5.74) is 2.78. The third-order valence-corrected chi connectivity index (χ3v) is 6.65. The summed E-state index contributed by atoms with van der Waals surface area (Å²) >= 11 is 0. The van der Waals surface area contributed by atoms with Crippen LogP contribution in [-0.4, -0.2) is 12.1 Å². The van der Waals surface area contributed by atoms with Gasteiger partial charge in [0.25, 0.3) is 0 Å². The molecule has 0 amide bonds. The van der Waals surface area contributed by atoms with Gasteiger partial charge in [0.15, 0.2) is 5.83 Å². The van der Waals surface area contributed by atoms with E-state index in [0.717, 1.165) is 57.8 Å². The van der Waals surface area contributed by atoms with Gasteiger partial charge >= 0.3 is 5.97 Å². The van der Waals surface area contributed by atoms with Crippen LogP contribution in [0.3, 0.4) is 0 Å². The van der Waals surface area contributed by atoms with E-state index in [1.165, 1.54) is 23.3 Å². The number of esters is 1. The molecule has 4 heteroatoms. The van der Waals surface area contributed by atoms with E-state index >= 15 is 0 Å². The standard InChI is InChI=1S/C26H32FNO2/c1-2-19-6-10-21(11-7-19)22-14-16-25(17-15-22)30-26(29)23-12-8-20(9-13-23)4-3-5-24(27)18-28/h3-7,10-11,20,22-23,25H,2,8-9,12-17H2,1H3. The van der Waals surface area contributed by atoms with Gasteiger partial charge < -0.3 is 4.74 Å². The van der Waals surface area contributed by atoms with Crippen LogP contribution in [0.4, 0.5) is 4.39 Å². The summed E-state index contributed by atoms with van der Waals surface area (Å²) in [6.45, 7) is 2.17. The highest BCUT2D eigenvalue weighted by molar-refractivity contribution is 5.72. The second kappa shape index (κ2) is 11.1. The number of carbonyl (C=O) groups excluding carboxylic acids is 1. The molecule has 0 aliphatic heterocycles. The van der Waals surface area contributed by atoms with Gasteiger partial charge in [0, 0.05) is 0 Å². The lowest BCUT2D eigenvalue weighted by molar-refractivity contribution is -0.157. The van der Waals surface area contributed by atoms with Gasteiger partial charge in [0.1, 0.15) is 12.2 Å². The fourth-order valence-electron chi connectivity index (χ4n) is 4.68. The summed E-state index contributed by atoms with van der Waals surface area (Å²) in [7, 11) is 0. The Morgan fingerprint density at radius 3 is 2.37 bits per heavy atom. The number of aryl methyl sites for hydroxylation is 1. The first-order valence-electron chi connectivity index (χ1n) is 11.3. The predicted molar refractivity (Wildman–Crippen MR) is 116 cm³/mol. The van der Waals surface area contributed by atoms with Gasteiger partial charge in [-0.2, -0.15) is 9.65 Å². The van der Waals surface area contributed by atoms with Crippen LogP contribution in [0.5, 0.6) is 0 Å². The quantitative estimate of drug-likeness (QED) is 0.304. The van der Waals surface area contributed by atoms with Crippen LogP contribution in [-0.2, 0) is 16.0 Å². The van der Waals surface area contributed by atoms with Crippen LogP contribution in [0.1, 0.15) is 75.3 Å². The molecule has 1 aromatic carbocycles. The summed E-state index contributed by atoms with van der Waals surface area (Å²) in [6.07, 6.45) is 13.3. The van der Waals surface area contributed by atoms with Crippen molar-refractivity contribution in [2.24, 2.45) is 11.8 Å². The van der Waals surface area contributed by atoms with E-state index < -0.39 is 5.83 Å². The Labute approximate surface area is 179 Å². The number of nitriles is 1. The molecule has 0 spiro atoms. The lowest BCUT2D eigenvalue weighted by atomic mass is 9.81. The second-order valence-corrected chi connectivity index (χ2v) is 8.63. The number of ether oxygens (including phenoxy) is 1. The van der Waals surface area contributed by atoms with Crippen molar-refractivity contribution in [1.29, 1.82) is 5.26 Å². The van der Waals surface area contributed by atoms with E-state index in [9.17, 15) is 9.18 Å². The molecular weight excluding hydrogens is 377 g/mol. The lowest BCUT2D eigenvalue weighted by Gasteiger charge is -2.31. The smallest absolute Gasteiger partial charge is 0.309 e. The molecule has 2 fully saturated rings. The molecule has 0 radical (unpaired) electrons. The van der Waals surface area contributed by atoms with E-state index in [-0.39, 0.29) is 18.0 Å². The van der Waals surface area contributed by atoms with Crippen molar-refractivity contribution >= 4 is 5.97 Å². The highest BCUT2D eigenvalue weighted by atomic mass is 19.1. The normalized spacial score (nSPS) is 27.6. The van der Waals surface area contributed by atoms with Gasteiger partial charge in [-0.05, 0) is 86.8 Å². The number of rotatable bonds is 6. The maximum atomic E-state index is 12.8. The van der Waals surface area contributed by atoms with E-state index in [0.29, 0.717) is 11.8 Å². The fourth-order valence-corrected chi connectivity index (χ4v) is 4.68. The van der Waals surface area contributed by atoms with Crippen LogP contribution < -0.4 is 0 Å². The van der Waals surface area contributed by atoms with E-state index in [4.69, 9.17) is 10.00 Å². The van der Waals surface area contributed by atoms with Crippen molar-refractivity contribution in [3.05, 3.63) is 59.4 Å². The van der Waals surface area contributed by atoms with Gasteiger partial charge in [-0.25, -0.2) is 0 Å². The molecule has 0 saturated heterocycles. The molecule has 3 rings (SSSR count). The Hall–Kier alpha value is -2.41. The molecule has 0 heterocycles. The van der Waals surface area contributed by atoms with Crippen LogP contribution in [0.25, 0.3) is 0 Å². The summed E-state index contributed by atoms with van der Waals surface area (Å²) in [5.74, 6) is 0.0829. The molecule has 2 aliphatic rings. The number of benzene rings is 1. The number of hydrogen-bond donors (Lipinski definition) is 0. The molecule has 0 N–H and O–H groups in total. The Kier molecular flexibility index (Phi) is 8.25. The van der Waals surface area contributed by atoms with E-state index in [1.54, 1.807) is 6.08 Å². The van der Waals surface area contributed by atoms with Crippen molar-refractivity contribution in [3.63, 3.8) is 0 Å². The maximum Gasteiger partial charge on any atom is 0.309 e. The molecule has 0 aromatic heterocycles. The largest absolute Gasteiger partial charge is 0.462 e. The first-order chi connectivity index (χ1) is 14.6. The van der Waals surface area contributed by atoms with Crippen molar-refractivity contribution in [1.82, 2.24) is 0 Å². The monoisotopic (exact) mass is 409 g/mol. The first-order valence-corrected chi connectivity index (χ1v) is 11.3. The molecule has 2 aliphatic carbocycles. The van der Waals surface area contributed by atoms with Gasteiger partial charge in [-0.1, -0.05) is 43.3 Å². The van der Waals surface area contributed by atoms with Crippen molar-refractivity contribution in [2.75, 3.05) is 0 Å². The third-order valence-electron chi connectivity index (χ3n) is 6.65. The zero-order valence-electron chi connectivity index (χ0n) is 17.9.